The standard InChI is InChI=1S/C26H19ClF3N5O3S/c1-12-6-15(16-7-21(27)32-9-19(16)38-2)17(8-31-12)24(36)34-26-33-18-10-35(11-20(18)39-26)25(37)14-5-3-4-13(22(14)28)23(29)30/h3-9,23H,10-11H2,1-2H3,(H,33,34,36). The lowest BCUT2D eigenvalue weighted by Gasteiger charge is -2.17. The third-order valence-corrected chi connectivity index (χ3v) is 7.29. The van der Waals surface area contributed by atoms with Gasteiger partial charge in [0.05, 0.1) is 53.7 Å². The fraction of sp³-hybridized carbons (Fsp3) is 0.192. The Bertz CT molecular complexity index is 1590. The molecule has 5 rings (SSSR count). The molecule has 0 spiro atoms. The normalized spacial score (nSPS) is 12.5. The van der Waals surface area contributed by atoms with Crippen LogP contribution < -0.4 is 10.1 Å². The van der Waals surface area contributed by atoms with E-state index in [1.165, 1.54) is 36.5 Å². The molecule has 0 atom stereocenters. The van der Waals surface area contributed by atoms with Crippen LogP contribution in [0.25, 0.3) is 11.1 Å². The average Bonchev–Trinajstić information content (AvgIpc) is 3.47. The first-order valence-electron chi connectivity index (χ1n) is 11.5. The predicted octanol–water partition coefficient (Wildman–Crippen LogP) is 6.06. The molecule has 1 aliphatic heterocycles. The number of carbonyl (C=O) groups excluding carboxylic acids is 2. The first-order valence-corrected chi connectivity index (χ1v) is 12.7. The number of halogens is 4. The third kappa shape index (κ3) is 5.17. The van der Waals surface area contributed by atoms with E-state index in [1.54, 1.807) is 19.1 Å². The second kappa shape index (κ2) is 10.6. The number of nitrogens with zero attached hydrogens (tertiary/aromatic N) is 4. The van der Waals surface area contributed by atoms with E-state index < -0.39 is 35.2 Å². The van der Waals surface area contributed by atoms with Crippen molar-refractivity contribution >= 4 is 39.9 Å². The molecule has 0 radical (unpaired) electrons. The van der Waals surface area contributed by atoms with E-state index in [0.29, 0.717) is 38.3 Å². The minimum absolute atomic E-state index is 0.0446. The lowest BCUT2D eigenvalue weighted by Crippen LogP contribution is -2.27. The molecule has 1 N–H and O–H groups in total. The predicted molar refractivity (Wildman–Crippen MR) is 139 cm³/mol. The second-order valence-electron chi connectivity index (χ2n) is 8.59. The fourth-order valence-electron chi connectivity index (χ4n) is 4.21. The zero-order valence-electron chi connectivity index (χ0n) is 20.5. The molecule has 4 heterocycles. The lowest BCUT2D eigenvalue weighted by molar-refractivity contribution is 0.0744. The molecule has 3 aromatic heterocycles. The summed E-state index contributed by atoms with van der Waals surface area (Å²) in [4.78, 5) is 40.8. The van der Waals surface area contributed by atoms with E-state index in [2.05, 4.69) is 20.3 Å². The van der Waals surface area contributed by atoms with Gasteiger partial charge >= 0.3 is 0 Å². The Labute approximate surface area is 229 Å². The van der Waals surface area contributed by atoms with Gasteiger partial charge in [-0.15, -0.1) is 0 Å². The minimum Gasteiger partial charge on any atom is -0.494 e. The Hall–Kier alpha value is -4.03. The van der Waals surface area contributed by atoms with Crippen LogP contribution in [0.1, 0.15) is 49.0 Å². The topological polar surface area (TPSA) is 97.3 Å². The van der Waals surface area contributed by atoms with E-state index >= 15 is 0 Å². The zero-order valence-corrected chi connectivity index (χ0v) is 22.0. The maximum atomic E-state index is 14.5. The van der Waals surface area contributed by atoms with Gasteiger partial charge < -0.3 is 9.64 Å². The molecule has 200 valence electrons. The first-order chi connectivity index (χ1) is 18.7. The van der Waals surface area contributed by atoms with Gasteiger partial charge in [0.1, 0.15) is 16.7 Å². The van der Waals surface area contributed by atoms with Crippen molar-refractivity contribution in [3.05, 3.63) is 86.7 Å². The molecule has 1 aromatic carbocycles. The van der Waals surface area contributed by atoms with Crippen LogP contribution in [0.2, 0.25) is 5.15 Å². The number of anilines is 1. The van der Waals surface area contributed by atoms with E-state index in [9.17, 15) is 22.8 Å². The van der Waals surface area contributed by atoms with Crippen LogP contribution in [-0.4, -0.2) is 38.8 Å². The number of pyridine rings is 2. The number of aromatic nitrogens is 3. The summed E-state index contributed by atoms with van der Waals surface area (Å²) in [7, 11) is 1.48. The number of thiazole rings is 1. The lowest BCUT2D eigenvalue weighted by atomic mass is 10.0. The van der Waals surface area contributed by atoms with Gasteiger partial charge in [-0.25, -0.2) is 23.1 Å². The second-order valence-corrected chi connectivity index (χ2v) is 10.1. The number of amides is 2. The summed E-state index contributed by atoms with van der Waals surface area (Å²) in [6, 6.07) is 6.67. The summed E-state index contributed by atoms with van der Waals surface area (Å²) in [5.41, 5.74) is 1.30. The number of benzene rings is 1. The van der Waals surface area contributed by atoms with Crippen molar-refractivity contribution in [2.24, 2.45) is 0 Å². The number of fused-ring (bicyclic) bond motifs is 1. The highest BCUT2D eigenvalue weighted by Crippen LogP contribution is 2.36. The molecule has 0 unspecified atom stereocenters. The van der Waals surface area contributed by atoms with Gasteiger partial charge in [0.2, 0.25) is 0 Å². The summed E-state index contributed by atoms with van der Waals surface area (Å²) in [5, 5.41) is 3.29. The summed E-state index contributed by atoms with van der Waals surface area (Å²) in [6.45, 7) is 1.93. The average molecular weight is 574 g/mol. The molecule has 0 bridgehead atoms. The smallest absolute Gasteiger partial charge is 0.266 e. The number of carbonyl (C=O) groups is 2. The molecule has 8 nitrogen and oxygen atoms in total. The Morgan fingerprint density at radius 1 is 1.13 bits per heavy atom. The highest BCUT2D eigenvalue weighted by atomic mass is 35.5. The van der Waals surface area contributed by atoms with Crippen molar-refractivity contribution < 1.29 is 27.5 Å². The third-order valence-electron chi connectivity index (χ3n) is 6.08. The largest absolute Gasteiger partial charge is 0.494 e. The molecule has 2 amide bonds. The number of ether oxygens (including phenoxy) is 1. The molecule has 0 saturated heterocycles. The molecular formula is C26H19ClF3N5O3S. The number of nitrogens with one attached hydrogen (secondary N) is 1. The summed E-state index contributed by atoms with van der Waals surface area (Å²) >= 11 is 7.26. The Balaban J connectivity index is 1.35. The van der Waals surface area contributed by atoms with Gasteiger partial charge in [-0.1, -0.05) is 35.1 Å². The van der Waals surface area contributed by atoms with Crippen LogP contribution in [0.5, 0.6) is 5.75 Å². The van der Waals surface area contributed by atoms with Gasteiger partial charge in [0.15, 0.2) is 5.13 Å². The molecule has 39 heavy (non-hydrogen) atoms. The Morgan fingerprint density at radius 3 is 2.64 bits per heavy atom. The minimum atomic E-state index is -3.04. The molecule has 13 heteroatoms. The fourth-order valence-corrected chi connectivity index (χ4v) is 5.35. The number of hydrogen-bond donors (Lipinski definition) is 1. The zero-order chi connectivity index (χ0) is 27.8. The maximum absolute atomic E-state index is 14.5. The van der Waals surface area contributed by atoms with Crippen LogP contribution in [0.3, 0.4) is 0 Å². The van der Waals surface area contributed by atoms with E-state index in [0.717, 1.165) is 17.4 Å². The molecule has 4 aromatic rings. The summed E-state index contributed by atoms with van der Waals surface area (Å²) in [5.74, 6) is -2.00. The summed E-state index contributed by atoms with van der Waals surface area (Å²) in [6.07, 6.45) is -0.132. The summed E-state index contributed by atoms with van der Waals surface area (Å²) < 4.78 is 46.0. The van der Waals surface area contributed by atoms with Crippen LogP contribution in [0, 0.1) is 12.7 Å². The van der Waals surface area contributed by atoms with Crippen LogP contribution in [-0.2, 0) is 13.1 Å². The van der Waals surface area contributed by atoms with E-state index in [1.807, 2.05) is 0 Å². The van der Waals surface area contributed by atoms with Crippen molar-refractivity contribution in [1.29, 1.82) is 0 Å². The van der Waals surface area contributed by atoms with E-state index in [4.69, 9.17) is 16.3 Å². The van der Waals surface area contributed by atoms with Gasteiger partial charge in [-0.05, 0) is 25.1 Å². The van der Waals surface area contributed by atoms with Crippen molar-refractivity contribution in [3.8, 4) is 16.9 Å². The van der Waals surface area contributed by atoms with Crippen molar-refractivity contribution in [1.82, 2.24) is 19.9 Å². The first kappa shape index (κ1) is 26.6. The van der Waals surface area contributed by atoms with Gasteiger partial charge in [0, 0.05) is 23.0 Å². The molecule has 0 saturated carbocycles. The number of alkyl halides is 2. The van der Waals surface area contributed by atoms with Gasteiger partial charge in [-0.3, -0.25) is 19.9 Å². The Kier molecular flexibility index (Phi) is 7.23. The van der Waals surface area contributed by atoms with Crippen LogP contribution >= 0.6 is 22.9 Å². The number of methoxy groups -OCH3 is 1. The number of rotatable bonds is 6. The van der Waals surface area contributed by atoms with Crippen LogP contribution in [0.4, 0.5) is 18.3 Å². The number of aryl methyl sites for hydroxylation is 1. The molecular weight excluding hydrogens is 555 g/mol. The van der Waals surface area contributed by atoms with Crippen LogP contribution in [0.15, 0.2) is 42.7 Å². The Morgan fingerprint density at radius 2 is 1.92 bits per heavy atom. The molecule has 0 aliphatic carbocycles. The van der Waals surface area contributed by atoms with Gasteiger partial charge in [-0.2, -0.15) is 0 Å². The van der Waals surface area contributed by atoms with E-state index in [-0.39, 0.29) is 23.8 Å². The molecule has 0 fully saturated rings. The quantitative estimate of drug-likeness (QED) is 0.282. The highest BCUT2D eigenvalue weighted by molar-refractivity contribution is 7.16. The monoisotopic (exact) mass is 573 g/mol. The maximum Gasteiger partial charge on any atom is 0.266 e. The number of hydrogen-bond acceptors (Lipinski definition) is 7. The molecule has 1 aliphatic rings. The SMILES string of the molecule is COc1cnc(Cl)cc1-c1cc(C)ncc1C(=O)Nc1nc2c(s1)CN(C(=O)c1cccc(C(F)F)c1F)C2. The van der Waals surface area contributed by atoms with Crippen molar-refractivity contribution in [2.75, 3.05) is 12.4 Å². The van der Waals surface area contributed by atoms with Gasteiger partial charge in [0.25, 0.3) is 18.2 Å². The van der Waals surface area contributed by atoms with Crippen molar-refractivity contribution in [3.63, 3.8) is 0 Å². The van der Waals surface area contributed by atoms with Crippen molar-refractivity contribution in [2.45, 2.75) is 26.4 Å². The highest BCUT2D eigenvalue weighted by Gasteiger charge is 2.31.